The molecule has 0 aliphatic rings. The second kappa shape index (κ2) is 4.40. The predicted molar refractivity (Wildman–Crippen MR) is 60.5 cm³/mol. The molecule has 84 valence electrons. The molecule has 0 spiro atoms. The van der Waals surface area contributed by atoms with Crippen LogP contribution in [0.3, 0.4) is 0 Å². The maximum absolute atomic E-state index is 11.6. The molecule has 0 saturated carbocycles. The third-order valence-corrected chi connectivity index (χ3v) is 2.56. The van der Waals surface area contributed by atoms with Crippen LogP contribution in [0.4, 0.5) is 5.82 Å². The Morgan fingerprint density at radius 1 is 1.56 bits per heavy atom. The minimum Gasteiger partial charge on any atom is -0.304 e. The summed E-state index contributed by atoms with van der Waals surface area (Å²) in [5.41, 5.74) is 1.28. The van der Waals surface area contributed by atoms with E-state index in [0.717, 1.165) is 17.2 Å². The number of hydrogen-bond donors (Lipinski definition) is 2. The zero-order chi connectivity index (χ0) is 11.5. The second-order valence-corrected chi connectivity index (χ2v) is 4.22. The molecule has 2 aromatic heterocycles. The van der Waals surface area contributed by atoms with E-state index >= 15 is 0 Å². The van der Waals surface area contributed by atoms with E-state index in [0.29, 0.717) is 17.4 Å². The van der Waals surface area contributed by atoms with Crippen LogP contribution in [0.2, 0.25) is 0 Å². The van der Waals surface area contributed by atoms with Gasteiger partial charge < -0.3 is 5.32 Å². The summed E-state index contributed by atoms with van der Waals surface area (Å²) in [5.74, 6) is 0.552. The van der Waals surface area contributed by atoms with Gasteiger partial charge in [-0.15, -0.1) is 5.10 Å². The Kier molecular flexibility index (Phi) is 2.95. The molecular weight excluding hydrogens is 226 g/mol. The van der Waals surface area contributed by atoms with Crippen molar-refractivity contribution in [3.8, 4) is 0 Å². The minimum absolute atomic E-state index is 0.296. The maximum Gasteiger partial charge on any atom is 0.278 e. The number of rotatable bonds is 3. The lowest BCUT2D eigenvalue weighted by atomic mass is 10.1. The Balaban J connectivity index is 2.07. The molecule has 2 rings (SSSR count). The van der Waals surface area contributed by atoms with Gasteiger partial charge in [0.15, 0.2) is 11.5 Å². The van der Waals surface area contributed by atoms with Crippen LogP contribution < -0.4 is 5.32 Å². The summed E-state index contributed by atoms with van der Waals surface area (Å²) in [7, 11) is 0. The van der Waals surface area contributed by atoms with Gasteiger partial charge in [0.05, 0.1) is 0 Å². The first-order valence-corrected chi connectivity index (χ1v) is 5.64. The summed E-state index contributed by atoms with van der Waals surface area (Å²) < 4.78 is 3.62. The van der Waals surface area contributed by atoms with E-state index in [1.165, 1.54) is 0 Å². The molecule has 0 aliphatic carbocycles. The Bertz CT molecular complexity index is 476. The zero-order valence-corrected chi connectivity index (χ0v) is 9.71. The Labute approximate surface area is 96.2 Å². The van der Waals surface area contributed by atoms with Crippen LogP contribution in [0, 0.1) is 0 Å². The van der Waals surface area contributed by atoms with Crippen LogP contribution >= 0.6 is 11.5 Å². The smallest absolute Gasteiger partial charge is 0.278 e. The summed E-state index contributed by atoms with van der Waals surface area (Å²) in [4.78, 5) is 11.6. The number of H-pyrrole nitrogens is 1. The average Bonchev–Trinajstić information content (AvgIpc) is 2.87. The van der Waals surface area contributed by atoms with E-state index < -0.39 is 0 Å². The zero-order valence-electron chi connectivity index (χ0n) is 8.89. The fourth-order valence-electron chi connectivity index (χ4n) is 1.14. The predicted octanol–water partition coefficient (Wildman–Crippen LogP) is 1.64. The van der Waals surface area contributed by atoms with E-state index in [1.807, 2.05) is 19.9 Å². The van der Waals surface area contributed by atoms with Crippen molar-refractivity contribution < 1.29 is 4.79 Å². The number of hydrogen-bond acceptors (Lipinski definition) is 5. The van der Waals surface area contributed by atoms with Crippen molar-refractivity contribution in [1.82, 2.24) is 19.8 Å². The van der Waals surface area contributed by atoms with E-state index in [4.69, 9.17) is 0 Å². The van der Waals surface area contributed by atoms with Gasteiger partial charge in [-0.1, -0.05) is 18.3 Å². The average molecular weight is 237 g/mol. The molecule has 0 unspecified atom stereocenters. The summed E-state index contributed by atoms with van der Waals surface area (Å²) in [6.07, 6.45) is 0. The van der Waals surface area contributed by atoms with Crippen molar-refractivity contribution in [2.24, 2.45) is 0 Å². The number of aromatic nitrogens is 4. The lowest BCUT2D eigenvalue weighted by molar-refractivity contribution is 0.102. The number of amides is 1. The van der Waals surface area contributed by atoms with Crippen LogP contribution in [-0.4, -0.2) is 25.7 Å². The third-order valence-electron chi connectivity index (χ3n) is 2.05. The summed E-state index contributed by atoms with van der Waals surface area (Å²) >= 11 is 1.14. The molecule has 0 saturated heterocycles. The number of aromatic amines is 1. The molecule has 0 atom stereocenters. The maximum atomic E-state index is 11.6. The van der Waals surface area contributed by atoms with Gasteiger partial charge in [0.2, 0.25) is 0 Å². The normalized spacial score (nSPS) is 10.7. The number of anilines is 1. The molecule has 2 N–H and O–H groups in total. The highest BCUT2D eigenvalue weighted by molar-refractivity contribution is 7.03. The van der Waals surface area contributed by atoms with Crippen molar-refractivity contribution in [3.63, 3.8) is 0 Å². The monoisotopic (exact) mass is 237 g/mol. The van der Waals surface area contributed by atoms with Crippen LogP contribution in [0.1, 0.15) is 35.9 Å². The second-order valence-electron chi connectivity index (χ2n) is 3.61. The van der Waals surface area contributed by atoms with Crippen LogP contribution in [0.5, 0.6) is 0 Å². The van der Waals surface area contributed by atoms with Gasteiger partial charge in [-0.05, 0) is 17.5 Å². The SMILES string of the molecule is CC(C)c1cc(NC(=O)c2csnn2)n[nH]1. The summed E-state index contributed by atoms with van der Waals surface area (Å²) in [5, 5.41) is 14.7. The van der Waals surface area contributed by atoms with Crippen molar-refractivity contribution in [2.75, 3.05) is 5.32 Å². The number of nitrogens with zero attached hydrogens (tertiary/aromatic N) is 3. The molecule has 16 heavy (non-hydrogen) atoms. The van der Waals surface area contributed by atoms with Gasteiger partial charge in [-0.3, -0.25) is 9.89 Å². The number of carbonyl (C=O) groups excluding carboxylic acids is 1. The van der Waals surface area contributed by atoms with Gasteiger partial charge in [0.1, 0.15) is 0 Å². The first-order valence-electron chi connectivity index (χ1n) is 4.80. The minimum atomic E-state index is -0.296. The summed E-state index contributed by atoms with van der Waals surface area (Å²) in [6.45, 7) is 4.09. The van der Waals surface area contributed by atoms with Gasteiger partial charge >= 0.3 is 0 Å². The molecule has 0 aromatic carbocycles. The molecular formula is C9H11N5OS. The Hall–Kier alpha value is -1.76. The first-order chi connectivity index (χ1) is 7.66. The lowest BCUT2D eigenvalue weighted by Gasteiger charge is -1.97. The molecule has 0 aliphatic heterocycles. The van der Waals surface area contributed by atoms with Crippen molar-refractivity contribution in [2.45, 2.75) is 19.8 Å². The van der Waals surface area contributed by atoms with E-state index in [-0.39, 0.29) is 5.91 Å². The molecule has 6 nitrogen and oxygen atoms in total. The van der Waals surface area contributed by atoms with Crippen LogP contribution in [0.15, 0.2) is 11.4 Å². The van der Waals surface area contributed by atoms with Gasteiger partial charge in [-0.2, -0.15) is 5.10 Å². The third kappa shape index (κ3) is 2.25. The van der Waals surface area contributed by atoms with E-state index in [1.54, 1.807) is 5.38 Å². The first kappa shape index (κ1) is 10.7. The fourth-order valence-corrected chi connectivity index (χ4v) is 1.58. The van der Waals surface area contributed by atoms with Gasteiger partial charge in [-0.25, -0.2) is 0 Å². The molecule has 0 radical (unpaired) electrons. The quantitative estimate of drug-likeness (QED) is 0.850. The molecule has 2 heterocycles. The highest BCUT2D eigenvalue weighted by Gasteiger charge is 2.11. The largest absolute Gasteiger partial charge is 0.304 e. The van der Waals surface area contributed by atoms with Crippen molar-refractivity contribution in [1.29, 1.82) is 0 Å². The van der Waals surface area contributed by atoms with E-state index in [2.05, 4.69) is 25.1 Å². The van der Waals surface area contributed by atoms with Gasteiger partial charge in [0.25, 0.3) is 5.91 Å². The highest BCUT2D eigenvalue weighted by Crippen LogP contribution is 2.15. The molecule has 1 amide bonds. The Morgan fingerprint density at radius 2 is 2.38 bits per heavy atom. The Morgan fingerprint density at radius 3 is 2.94 bits per heavy atom. The van der Waals surface area contributed by atoms with Crippen LogP contribution in [0.25, 0.3) is 0 Å². The van der Waals surface area contributed by atoms with Crippen molar-refractivity contribution >= 4 is 23.3 Å². The number of nitrogens with one attached hydrogen (secondary N) is 2. The van der Waals surface area contributed by atoms with Crippen LogP contribution in [-0.2, 0) is 0 Å². The van der Waals surface area contributed by atoms with E-state index in [9.17, 15) is 4.79 Å². The highest BCUT2D eigenvalue weighted by atomic mass is 32.1. The molecule has 0 fully saturated rings. The molecule has 7 heteroatoms. The fraction of sp³-hybridized carbons (Fsp3) is 0.333. The lowest BCUT2D eigenvalue weighted by Crippen LogP contribution is -2.12. The molecule has 0 bridgehead atoms. The van der Waals surface area contributed by atoms with Gasteiger partial charge in [0, 0.05) is 17.1 Å². The molecule has 2 aromatic rings. The number of carbonyl (C=O) groups is 1. The summed E-state index contributed by atoms with van der Waals surface area (Å²) in [6, 6.07) is 1.81. The van der Waals surface area contributed by atoms with Crippen molar-refractivity contribution in [3.05, 3.63) is 22.8 Å². The standard InChI is InChI=1S/C9H11N5OS/c1-5(2)6-3-8(13-11-6)10-9(15)7-4-16-14-12-7/h3-5H,1-2H3,(H2,10,11,13,15). The topological polar surface area (TPSA) is 83.6 Å².